The van der Waals surface area contributed by atoms with Gasteiger partial charge < -0.3 is 14.8 Å². The molecule has 0 bridgehead atoms. The van der Waals surface area contributed by atoms with Crippen molar-refractivity contribution in [2.75, 3.05) is 19.5 Å². The lowest BCUT2D eigenvalue weighted by Gasteiger charge is -2.06. The fourth-order valence-electron chi connectivity index (χ4n) is 2.77. The van der Waals surface area contributed by atoms with Crippen LogP contribution in [0.3, 0.4) is 0 Å². The van der Waals surface area contributed by atoms with Gasteiger partial charge in [-0.05, 0) is 30.4 Å². The van der Waals surface area contributed by atoms with E-state index < -0.39 is 5.91 Å². The summed E-state index contributed by atoms with van der Waals surface area (Å²) < 4.78 is 12.3. The van der Waals surface area contributed by atoms with Gasteiger partial charge in [-0.1, -0.05) is 40.6 Å². The number of nitrogens with zero attached hydrogens (tertiary/aromatic N) is 1. The van der Waals surface area contributed by atoms with Crippen LogP contribution in [-0.2, 0) is 0 Å². The van der Waals surface area contributed by atoms with E-state index in [0.29, 0.717) is 37.1 Å². The van der Waals surface area contributed by atoms with Crippen LogP contribution in [0.2, 0.25) is 10.0 Å². The maximum atomic E-state index is 12.7. The van der Waals surface area contributed by atoms with Crippen molar-refractivity contribution in [3.05, 3.63) is 45.3 Å². The molecule has 0 fully saturated rings. The molecule has 0 radical (unpaired) electrons. The number of halogens is 2. The van der Waals surface area contributed by atoms with Crippen molar-refractivity contribution in [2.24, 2.45) is 0 Å². The number of thiocarbonyl (C=S) groups is 1. The van der Waals surface area contributed by atoms with E-state index in [-0.39, 0.29) is 5.11 Å². The Morgan fingerprint density at radius 3 is 2.63 bits per heavy atom. The molecule has 1 amide bonds. The molecule has 30 heavy (non-hydrogen) atoms. The number of nitrogens with one attached hydrogen (secondary N) is 2. The van der Waals surface area contributed by atoms with Crippen molar-refractivity contribution in [2.45, 2.75) is 0 Å². The van der Waals surface area contributed by atoms with Gasteiger partial charge in [0.05, 0.1) is 23.9 Å². The third kappa shape index (κ3) is 4.03. The SMILES string of the molecule is COc1cc(OC)c2nc(NC(=S)NC(=O)c3sc4cc(Cl)ccc4c3Cl)sc2c1. The lowest BCUT2D eigenvalue weighted by molar-refractivity contribution is 0.0982. The van der Waals surface area contributed by atoms with Gasteiger partial charge in [-0.15, -0.1) is 11.3 Å². The second-order valence-electron chi connectivity index (χ2n) is 5.99. The van der Waals surface area contributed by atoms with Crippen LogP contribution in [0.15, 0.2) is 30.3 Å². The maximum Gasteiger partial charge on any atom is 0.269 e. The highest BCUT2D eigenvalue weighted by molar-refractivity contribution is 7.80. The summed E-state index contributed by atoms with van der Waals surface area (Å²) in [4.78, 5) is 17.5. The van der Waals surface area contributed by atoms with Crippen molar-refractivity contribution in [3.63, 3.8) is 0 Å². The first kappa shape index (κ1) is 21.1. The first-order valence-electron chi connectivity index (χ1n) is 8.42. The molecule has 0 saturated carbocycles. The van der Waals surface area contributed by atoms with Crippen LogP contribution in [0.4, 0.5) is 5.13 Å². The number of aromatic nitrogens is 1. The molecule has 4 rings (SSSR count). The van der Waals surface area contributed by atoms with Gasteiger partial charge in [0.25, 0.3) is 5.91 Å². The van der Waals surface area contributed by atoms with E-state index in [4.69, 9.17) is 44.9 Å². The number of carbonyl (C=O) groups excluding carboxylic acids is 1. The average Bonchev–Trinajstić information content (AvgIpc) is 3.26. The standard InChI is InChI=1S/C19H13Cl2N3O3S3/c1-26-9-6-11(27-2)15-13(7-9)30-19(22-15)24-18(28)23-17(25)16-14(21)10-4-3-8(20)5-12(10)29-16/h3-7H,1-2H3,(H2,22,23,24,25,28). The van der Waals surface area contributed by atoms with Gasteiger partial charge in [0, 0.05) is 21.2 Å². The Labute approximate surface area is 194 Å². The fraction of sp³-hybridized carbons (Fsp3) is 0.105. The summed E-state index contributed by atoms with van der Waals surface area (Å²) in [7, 11) is 3.14. The first-order chi connectivity index (χ1) is 14.4. The predicted octanol–water partition coefficient (Wildman–Crippen LogP) is 5.96. The minimum Gasteiger partial charge on any atom is -0.497 e. The van der Waals surface area contributed by atoms with Crippen LogP contribution in [0.1, 0.15) is 9.67 Å². The molecule has 0 aliphatic heterocycles. The molecule has 0 spiro atoms. The summed E-state index contributed by atoms with van der Waals surface area (Å²) in [6.07, 6.45) is 0. The van der Waals surface area contributed by atoms with Crippen molar-refractivity contribution in [3.8, 4) is 11.5 Å². The monoisotopic (exact) mass is 497 g/mol. The highest BCUT2D eigenvalue weighted by atomic mass is 35.5. The predicted molar refractivity (Wildman–Crippen MR) is 128 cm³/mol. The van der Waals surface area contributed by atoms with Crippen LogP contribution >= 0.6 is 58.1 Å². The van der Waals surface area contributed by atoms with Gasteiger partial charge in [0.1, 0.15) is 21.9 Å². The molecule has 4 aromatic rings. The second kappa shape index (κ2) is 8.52. The number of benzene rings is 2. The molecule has 0 atom stereocenters. The topological polar surface area (TPSA) is 72.5 Å². The Bertz CT molecular complexity index is 1300. The van der Waals surface area contributed by atoms with Crippen molar-refractivity contribution in [1.82, 2.24) is 10.3 Å². The van der Waals surface area contributed by atoms with E-state index in [0.717, 1.165) is 14.8 Å². The summed E-state index contributed by atoms with van der Waals surface area (Å²) >= 11 is 20.3. The molecule has 11 heteroatoms. The maximum absolute atomic E-state index is 12.7. The fourth-order valence-corrected chi connectivity index (χ4v) is 5.63. The quantitative estimate of drug-likeness (QED) is 0.338. The molecule has 0 aliphatic carbocycles. The number of rotatable bonds is 4. The van der Waals surface area contributed by atoms with Gasteiger partial charge >= 0.3 is 0 Å². The number of anilines is 1. The summed E-state index contributed by atoms with van der Waals surface area (Å²) in [6.45, 7) is 0. The second-order valence-corrected chi connectivity index (χ2v) is 9.29. The zero-order valence-corrected chi connectivity index (χ0v) is 19.5. The molecule has 154 valence electrons. The van der Waals surface area contributed by atoms with Gasteiger partial charge in [0.15, 0.2) is 10.2 Å². The van der Waals surface area contributed by atoms with Crippen molar-refractivity contribution in [1.29, 1.82) is 0 Å². The number of methoxy groups -OCH3 is 2. The van der Waals surface area contributed by atoms with Crippen LogP contribution in [0.25, 0.3) is 20.3 Å². The number of hydrogen-bond acceptors (Lipinski definition) is 7. The van der Waals surface area contributed by atoms with E-state index in [1.165, 1.54) is 22.7 Å². The minimum absolute atomic E-state index is 0.108. The van der Waals surface area contributed by atoms with Gasteiger partial charge in [0.2, 0.25) is 0 Å². The highest BCUT2D eigenvalue weighted by Crippen LogP contribution is 2.37. The molecule has 2 aromatic carbocycles. The zero-order chi connectivity index (χ0) is 21.4. The molecule has 0 saturated heterocycles. The first-order valence-corrected chi connectivity index (χ1v) is 11.2. The number of thiophene rings is 1. The van der Waals surface area contributed by atoms with E-state index in [9.17, 15) is 4.79 Å². The molecular weight excluding hydrogens is 485 g/mol. The van der Waals surface area contributed by atoms with Gasteiger partial charge in [-0.3, -0.25) is 10.1 Å². The number of carbonyl (C=O) groups is 1. The van der Waals surface area contributed by atoms with Crippen molar-refractivity contribution >= 4 is 94.5 Å². The zero-order valence-electron chi connectivity index (χ0n) is 15.5. The van der Waals surface area contributed by atoms with Crippen LogP contribution in [-0.4, -0.2) is 30.2 Å². The lowest BCUT2D eigenvalue weighted by atomic mass is 10.2. The number of ether oxygens (including phenoxy) is 2. The molecule has 2 heterocycles. The number of amides is 1. The average molecular weight is 498 g/mol. The Morgan fingerprint density at radius 1 is 1.10 bits per heavy atom. The van der Waals surface area contributed by atoms with E-state index in [1.54, 1.807) is 38.5 Å². The largest absolute Gasteiger partial charge is 0.497 e. The molecule has 0 unspecified atom stereocenters. The summed E-state index contributed by atoms with van der Waals surface area (Å²) in [5, 5.41) is 7.90. The minimum atomic E-state index is -0.407. The molecular formula is C19H13Cl2N3O3S3. The van der Waals surface area contributed by atoms with Gasteiger partial charge in [-0.2, -0.15) is 0 Å². The number of hydrogen-bond donors (Lipinski definition) is 2. The number of thiazole rings is 1. The Balaban J connectivity index is 1.53. The number of fused-ring (bicyclic) bond motifs is 2. The Hall–Kier alpha value is -2.17. The molecule has 2 aromatic heterocycles. The van der Waals surface area contributed by atoms with Gasteiger partial charge in [-0.25, -0.2) is 4.98 Å². The summed E-state index contributed by atoms with van der Waals surface area (Å²) in [5.74, 6) is 0.833. The third-order valence-electron chi connectivity index (χ3n) is 4.13. The smallest absolute Gasteiger partial charge is 0.269 e. The molecule has 6 nitrogen and oxygen atoms in total. The van der Waals surface area contributed by atoms with Crippen LogP contribution in [0.5, 0.6) is 11.5 Å². The molecule has 2 N–H and O–H groups in total. The highest BCUT2D eigenvalue weighted by Gasteiger charge is 2.19. The summed E-state index contributed by atoms with van der Waals surface area (Å²) in [5.41, 5.74) is 0.671. The van der Waals surface area contributed by atoms with Crippen LogP contribution in [0, 0.1) is 0 Å². The Morgan fingerprint density at radius 2 is 1.90 bits per heavy atom. The van der Waals surface area contributed by atoms with Crippen LogP contribution < -0.4 is 20.1 Å². The van der Waals surface area contributed by atoms with E-state index >= 15 is 0 Å². The molecule has 0 aliphatic rings. The van der Waals surface area contributed by atoms with Crippen molar-refractivity contribution < 1.29 is 14.3 Å². The lowest BCUT2D eigenvalue weighted by Crippen LogP contribution is -2.33. The normalized spacial score (nSPS) is 10.9. The third-order valence-corrected chi connectivity index (χ3v) is 7.15. The Kier molecular flexibility index (Phi) is 5.99. The summed E-state index contributed by atoms with van der Waals surface area (Å²) in [6, 6.07) is 8.88. The van der Waals surface area contributed by atoms with E-state index in [1.807, 2.05) is 6.07 Å². The van der Waals surface area contributed by atoms with E-state index in [2.05, 4.69) is 15.6 Å².